The van der Waals surface area contributed by atoms with Crippen LogP contribution in [-0.2, 0) is 15.6 Å². The number of benzene rings is 1. The minimum atomic E-state index is -3.98. The number of nitrogen functional groups attached to an aromatic ring is 1. The van der Waals surface area contributed by atoms with E-state index in [4.69, 9.17) is 5.73 Å². The zero-order valence-corrected chi connectivity index (χ0v) is 25.6. The molecule has 234 valence electrons. The van der Waals surface area contributed by atoms with E-state index in [9.17, 15) is 18.5 Å². The fourth-order valence-corrected chi connectivity index (χ4v) is 7.99. The van der Waals surface area contributed by atoms with Gasteiger partial charge in [0.05, 0.1) is 11.6 Å². The Bertz CT molecular complexity index is 1740. The van der Waals surface area contributed by atoms with Crippen LogP contribution < -0.4 is 10.5 Å². The molecular formula is C30H37FN8O4S. The summed E-state index contributed by atoms with van der Waals surface area (Å²) >= 11 is 0. The number of nitrogens with one attached hydrogen (secondary N) is 1. The van der Waals surface area contributed by atoms with Crippen LogP contribution in [0.3, 0.4) is 0 Å². The molecular weight excluding hydrogens is 587 g/mol. The summed E-state index contributed by atoms with van der Waals surface area (Å²) in [4.78, 5) is 25.1. The van der Waals surface area contributed by atoms with Gasteiger partial charge in [-0.1, -0.05) is 30.4 Å². The van der Waals surface area contributed by atoms with Gasteiger partial charge >= 0.3 is 0 Å². The quantitative estimate of drug-likeness (QED) is 0.298. The molecule has 12 nitrogen and oxygen atoms in total. The summed E-state index contributed by atoms with van der Waals surface area (Å²) in [7, 11) is -1.82. The summed E-state index contributed by atoms with van der Waals surface area (Å²) in [5.41, 5.74) is 6.03. The zero-order valence-electron chi connectivity index (χ0n) is 24.8. The van der Waals surface area contributed by atoms with Crippen LogP contribution in [0.15, 0.2) is 55.0 Å². The number of likely N-dealkylation sites (N-methyl/N-ethyl adjacent to an activating group) is 1. The lowest BCUT2D eigenvalue weighted by Crippen LogP contribution is -2.55. The molecule has 0 spiro atoms. The van der Waals surface area contributed by atoms with Gasteiger partial charge in [-0.05, 0) is 50.4 Å². The smallest absolute Gasteiger partial charge is 0.258 e. The molecule has 3 aromatic rings. The van der Waals surface area contributed by atoms with E-state index in [1.165, 1.54) is 42.8 Å². The van der Waals surface area contributed by atoms with Gasteiger partial charge in [0.2, 0.25) is 10.0 Å². The molecule has 1 saturated heterocycles. The Morgan fingerprint density at radius 3 is 2.45 bits per heavy atom. The highest BCUT2D eigenvalue weighted by molar-refractivity contribution is 7.88. The highest BCUT2D eigenvalue weighted by Crippen LogP contribution is 2.41. The molecule has 3 aliphatic rings. The molecule has 2 atom stereocenters. The van der Waals surface area contributed by atoms with Crippen LogP contribution in [-0.4, -0.2) is 89.2 Å². The Balaban J connectivity index is 1.35. The Morgan fingerprint density at radius 2 is 1.80 bits per heavy atom. The van der Waals surface area contributed by atoms with Crippen molar-refractivity contribution >= 4 is 26.9 Å². The largest absolute Gasteiger partial charge is 0.383 e. The number of rotatable bonds is 7. The van der Waals surface area contributed by atoms with E-state index in [1.807, 2.05) is 6.20 Å². The fraction of sp³-hybridized carbons (Fsp3) is 0.467. The van der Waals surface area contributed by atoms with Gasteiger partial charge < -0.3 is 15.2 Å². The van der Waals surface area contributed by atoms with Crippen molar-refractivity contribution in [2.75, 3.05) is 45.2 Å². The lowest BCUT2D eigenvalue weighted by atomic mass is 9.80. The van der Waals surface area contributed by atoms with E-state index in [1.54, 1.807) is 6.07 Å². The van der Waals surface area contributed by atoms with Crippen molar-refractivity contribution in [1.29, 1.82) is 0 Å². The normalized spacial score (nSPS) is 26.8. The second-order valence-corrected chi connectivity index (χ2v) is 13.9. The molecule has 2 fully saturated rings. The number of allylic oxidation sites excluding steroid dienone is 2. The standard InChI is InChI=1S/C30H37FN8O4S/c1-36-13-15-37(16-14-36)21-7-9-22(10-8-21)38-18-23(27-28(32)33-19-34-29(27)38)20-6-11-24(25(31)17-20)30(35-44(2,42)43)12-4-3-5-26(30)39(40)41/h3-6,11-12,17-19,21-22,26,35H,7-10,13-16H2,1-2H3,(H2,32,33,34)/t21-,22-,26?,30?. The number of piperazine rings is 1. The number of halogens is 1. The molecule has 2 aromatic heterocycles. The summed E-state index contributed by atoms with van der Waals surface area (Å²) in [6, 6.07) is 3.48. The van der Waals surface area contributed by atoms with Crippen molar-refractivity contribution in [2.24, 2.45) is 0 Å². The Morgan fingerprint density at radius 1 is 1.09 bits per heavy atom. The topological polar surface area (TPSA) is 153 Å². The van der Waals surface area contributed by atoms with Gasteiger partial charge in [0.25, 0.3) is 6.04 Å². The lowest BCUT2D eigenvalue weighted by Gasteiger charge is -2.41. The zero-order chi connectivity index (χ0) is 31.2. The minimum Gasteiger partial charge on any atom is -0.383 e. The van der Waals surface area contributed by atoms with Crippen molar-refractivity contribution in [1.82, 2.24) is 29.1 Å². The number of aromatic nitrogens is 3. The van der Waals surface area contributed by atoms with Gasteiger partial charge in [0.1, 0.15) is 23.6 Å². The Hall–Kier alpha value is -3.72. The summed E-state index contributed by atoms with van der Waals surface area (Å²) in [5, 5.41) is 12.6. The molecule has 1 aromatic carbocycles. The number of hydrogen-bond donors (Lipinski definition) is 2. The van der Waals surface area contributed by atoms with E-state index in [2.05, 4.69) is 36.1 Å². The Labute approximate surface area is 255 Å². The first-order chi connectivity index (χ1) is 21.0. The third kappa shape index (κ3) is 5.62. The average molecular weight is 625 g/mol. The highest BCUT2D eigenvalue weighted by atomic mass is 32.2. The van der Waals surface area contributed by atoms with Gasteiger partial charge in [-0.25, -0.2) is 22.8 Å². The first kappa shape index (κ1) is 30.3. The number of hydrogen-bond acceptors (Lipinski definition) is 9. The van der Waals surface area contributed by atoms with E-state index in [0.29, 0.717) is 28.2 Å². The van der Waals surface area contributed by atoms with Crippen LogP contribution in [0.2, 0.25) is 0 Å². The van der Waals surface area contributed by atoms with Crippen molar-refractivity contribution in [3.05, 3.63) is 76.5 Å². The molecule has 14 heteroatoms. The van der Waals surface area contributed by atoms with Crippen molar-refractivity contribution in [3.8, 4) is 11.1 Å². The maximum Gasteiger partial charge on any atom is 0.258 e. The number of nitrogens with two attached hydrogens (primary N) is 1. The SMILES string of the molecule is CN1CCN([C@H]2CC[C@H](n3cc(-c4ccc(C5(NS(C)(=O)=O)C=CC=CC5[N+](=O)[O-])c(F)c4)c4c(N)ncnc43)CC2)CC1. The Kier molecular flexibility index (Phi) is 8.03. The molecule has 3 N–H and O–H groups in total. The second-order valence-electron chi connectivity index (χ2n) is 12.1. The van der Waals surface area contributed by atoms with Crippen LogP contribution in [0, 0.1) is 15.9 Å². The number of fused-ring (bicyclic) bond motifs is 1. The summed E-state index contributed by atoms with van der Waals surface area (Å²) in [5.74, 6) is -0.530. The van der Waals surface area contributed by atoms with Gasteiger partial charge in [-0.3, -0.25) is 15.0 Å². The van der Waals surface area contributed by atoms with Crippen LogP contribution >= 0.6 is 0 Å². The monoisotopic (exact) mass is 624 g/mol. The first-order valence-corrected chi connectivity index (χ1v) is 16.7. The number of nitro groups is 1. The van der Waals surface area contributed by atoms with E-state index >= 15 is 4.39 Å². The maximum atomic E-state index is 16.1. The van der Waals surface area contributed by atoms with E-state index < -0.39 is 32.3 Å². The molecule has 0 bridgehead atoms. The molecule has 2 unspecified atom stereocenters. The van der Waals surface area contributed by atoms with Crippen molar-refractivity contribution in [2.45, 2.75) is 49.3 Å². The molecule has 0 radical (unpaired) electrons. The van der Waals surface area contributed by atoms with Crippen molar-refractivity contribution < 1.29 is 17.7 Å². The molecule has 6 rings (SSSR count). The first-order valence-electron chi connectivity index (χ1n) is 14.8. The molecule has 3 heterocycles. The predicted octanol–water partition coefficient (Wildman–Crippen LogP) is 3.07. The van der Waals surface area contributed by atoms with Crippen molar-refractivity contribution in [3.63, 3.8) is 0 Å². The third-order valence-corrected chi connectivity index (χ3v) is 10.00. The molecule has 0 amide bonds. The summed E-state index contributed by atoms with van der Waals surface area (Å²) < 4.78 is 45.3. The molecule has 1 saturated carbocycles. The van der Waals surface area contributed by atoms with Crippen LogP contribution in [0.5, 0.6) is 0 Å². The van der Waals surface area contributed by atoms with E-state index in [0.717, 1.165) is 58.1 Å². The van der Waals surface area contributed by atoms with Gasteiger partial charge in [-0.15, -0.1) is 0 Å². The van der Waals surface area contributed by atoms with Gasteiger partial charge in [-0.2, -0.15) is 4.72 Å². The maximum absolute atomic E-state index is 16.1. The van der Waals surface area contributed by atoms with Crippen LogP contribution in [0.25, 0.3) is 22.2 Å². The average Bonchev–Trinajstić information content (AvgIpc) is 3.38. The molecule has 1 aliphatic heterocycles. The minimum absolute atomic E-state index is 0.163. The summed E-state index contributed by atoms with van der Waals surface area (Å²) in [6.07, 6.45) is 13.8. The number of sulfonamides is 1. The van der Waals surface area contributed by atoms with Crippen LogP contribution in [0.1, 0.15) is 37.3 Å². The second kappa shape index (κ2) is 11.7. The van der Waals surface area contributed by atoms with Gasteiger partial charge in [0, 0.05) is 60.5 Å². The van der Waals surface area contributed by atoms with Gasteiger partial charge in [0.15, 0.2) is 5.54 Å². The summed E-state index contributed by atoms with van der Waals surface area (Å²) in [6.45, 7) is 4.34. The molecule has 2 aliphatic carbocycles. The van der Waals surface area contributed by atoms with Crippen LogP contribution in [0.4, 0.5) is 10.2 Å². The van der Waals surface area contributed by atoms with E-state index in [-0.39, 0.29) is 17.4 Å². The number of anilines is 1. The molecule has 44 heavy (non-hydrogen) atoms. The lowest BCUT2D eigenvalue weighted by molar-refractivity contribution is -0.520. The fourth-order valence-electron chi connectivity index (χ4n) is 7.08. The number of nitrogens with zero attached hydrogens (tertiary/aromatic N) is 6. The predicted molar refractivity (Wildman–Crippen MR) is 166 cm³/mol. The third-order valence-electron chi connectivity index (χ3n) is 9.29. The highest BCUT2D eigenvalue weighted by Gasteiger charge is 2.49.